The Morgan fingerprint density at radius 3 is 2.50 bits per heavy atom. The zero-order chi connectivity index (χ0) is 10.0. The molecule has 0 aromatic carbocycles. The van der Waals surface area contributed by atoms with Crippen molar-refractivity contribution in [3.63, 3.8) is 0 Å². The summed E-state index contributed by atoms with van der Waals surface area (Å²) in [5.41, 5.74) is 0.464. The summed E-state index contributed by atoms with van der Waals surface area (Å²) >= 11 is 0. The van der Waals surface area contributed by atoms with Gasteiger partial charge < -0.3 is 9.47 Å². The lowest BCUT2D eigenvalue weighted by Gasteiger charge is -2.32. The first kappa shape index (κ1) is 10.4. The van der Waals surface area contributed by atoms with Gasteiger partial charge in [0.25, 0.3) is 0 Å². The highest BCUT2D eigenvalue weighted by atomic mass is 16.5. The van der Waals surface area contributed by atoms with Crippen molar-refractivity contribution in [3.05, 3.63) is 0 Å². The maximum absolute atomic E-state index is 5.46. The van der Waals surface area contributed by atoms with Crippen molar-refractivity contribution in [2.24, 2.45) is 5.41 Å². The average Bonchev–Trinajstić information content (AvgIpc) is 2.99. The Hall–Kier alpha value is -0.120. The Morgan fingerprint density at radius 2 is 2.00 bits per heavy atom. The summed E-state index contributed by atoms with van der Waals surface area (Å²) < 4.78 is 10.8. The molecule has 0 spiro atoms. The second-order valence-electron chi connectivity index (χ2n) is 4.63. The quantitative estimate of drug-likeness (QED) is 0.677. The van der Waals surface area contributed by atoms with Crippen LogP contribution in [0.25, 0.3) is 0 Å². The van der Waals surface area contributed by atoms with Crippen molar-refractivity contribution < 1.29 is 9.47 Å². The maximum atomic E-state index is 5.46. The molecule has 3 heteroatoms. The molecule has 82 valence electrons. The molecule has 2 aliphatic rings. The third-order valence-corrected chi connectivity index (χ3v) is 3.75. The van der Waals surface area contributed by atoms with E-state index in [0.29, 0.717) is 11.5 Å². The molecule has 3 nitrogen and oxygen atoms in total. The smallest absolute Gasteiger partial charge is 0.0611 e. The van der Waals surface area contributed by atoms with E-state index in [9.17, 15) is 0 Å². The van der Waals surface area contributed by atoms with Crippen molar-refractivity contribution in [1.29, 1.82) is 0 Å². The van der Waals surface area contributed by atoms with Crippen molar-refractivity contribution in [1.82, 2.24) is 4.90 Å². The molecule has 0 N–H and O–H groups in total. The summed E-state index contributed by atoms with van der Waals surface area (Å²) in [6, 6.07) is 0. The Bertz CT molecular complexity index is 186. The van der Waals surface area contributed by atoms with Crippen LogP contribution >= 0.6 is 0 Å². The van der Waals surface area contributed by atoms with E-state index >= 15 is 0 Å². The van der Waals surface area contributed by atoms with Crippen LogP contribution in [0, 0.1) is 5.41 Å². The number of hydrogen-bond acceptors (Lipinski definition) is 3. The highest BCUT2D eigenvalue weighted by Gasteiger charge is 2.48. The van der Waals surface area contributed by atoms with Gasteiger partial charge in [-0.3, -0.25) is 4.90 Å². The van der Waals surface area contributed by atoms with Gasteiger partial charge in [-0.15, -0.1) is 0 Å². The van der Waals surface area contributed by atoms with Crippen molar-refractivity contribution in [2.45, 2.75) is 25.9 Å². The number of nitrogens with zero attached hydrogens (tertiary/aromatic N) is 1. The first-order valence-corrected chi connectivity index (χ1v) is 5.60. The van der Waals surface area contributed by atoms with Gasteiger partial charge in [0.05, 0.1) is 19.3 Å². The molecule has 0 aromatic rings. The van der Waals surface area contributed by atoms with Crippen LogP contribution in [-0.2, 0) is 9.47 Å². The van der Waals surface area contributed by atoms with E-state index in [1.807, 2.05) is 7.11 Å². The van der Waals surface area contributed by atoms with Gasteiger partial charge in [0.2, 0.25) is 0 Å². The largest absolute Gasteiger partial charge is 0.381 e. The number of methoxy groups -OCH3 is 1. The minimum absolute atomic E-state index is 0.408. The van der Waals surface area contributed by atoms with Gasteiger partial charge in [0.15, 0.2) is 0 Å². The second kappa shape index (κ2) is 4.17. The Morgan fingerprint density at radius 1 is 1.36 bits per heavy atom. The summed E-state index contributed by atoms with van der Waals surface area (Å²) in [4.78, 5) is 2.52. The number of morpholine rings is 1. The Labute approximate surface area is 86.4 Å². The molecule has 1 saturated carbocycles. The SMILES string of the molecule is COC(C)C1(CN2CCOCC2)CC1. The molecule has 0 aromatic heterocycles. The van der Waals surface area contributed by atoms with Crippen molar-refractivity contribution >= 4 is 0 Å². The van der Waals surface area contributed by atoms with Gasteiger partial charge in [-0.2, -0.15) is 0 Å². The van der Waals surface area contributed by atoms with E-state index in [2.05, 4.69) is 11.8 Å². The normalized spacial score (nSPS) is 28.7. The van der Waals surface area contributed by atoms with Gasteiger partial charge in [-0.25, -0.2) is 0 Å². The van der Waals surface area contributed by atoms with Crippen LogP contribution in [0.15, 0.2) is 0 Å². The molecular formula is C11H21NO2. The van der Waals surface area contributed by atoms with Crippen LogP contribution in [-0.4, -0.2) is 51.0 Å². The fourth-order valence-electron chi connectivity index (χ4n) is 2.31. The van der Waals surface area contributed by atoms with Gasteiger partial charge in [-0.05, 0) is 19.8 Å². The average molecular weight is 199 g/mol. The lowest BCUT2D eigenvalue weighted by atomic mass is 9.99. The fourth-order valence-corrected chi connectivity index (χ4v) is 2.31. The fraction of sp³-hybridized carbons (Fsp3) is 1.00. The third kappa shape index (κ3) is 2.10. The molecule has 1 heterocycles. The minimum Gasteiger partial charge on any atom is -0.381 e. The lowest BCUT2D eigenvalue weighted by Crippen LogP contribution is -2.42. The van der Waals surface area contributed by atoms with Crippen LogP contribution in [0.3, 0.4) is 0 Å². The number of ether oxygens (including phenoxy) is 2. The Kier molecular flexibility index (Phi) is 3.10. The molecule has 0 bridgehead atoms. The van der Waals surface area contributed by atoms with E-state index in [1.165, 1.54) is 19.4 Å². The molecule has 14 heavy (non-hydrogen) atoms. The first-order valence-electron chi connectivity index (χ1n) is 5.60. The van der Waals surface area contributed by atoms with Crippen molar-refractivity contribution in [2.75, 3.05) is 40.0 Å². The van der Waals surface area contributed by atoms with Gasteiger partial charge in [-0.1, -0.05) is 0 Å². The van der Waals surface area contributed by atoms with Crippen LogP contribution in [0.4, 0.5) is 0 Å². The van der Waals surface area contributed by atoms with Crippen LogP contribution in [0.5, 0.6) is 0 Å². The summed E-state index contributed by atoms with van der Waals surface area (Å²) in [5, 5.41) is 0. The molecule has 0 amide bonds. The number of rotatable bonds is 4. The molecule has 1 aliphatic carbocycles. The van der Waals surface area contributed by atoms with Gasteiger partial charge in [0, 0.05) is 32.2 Å². The summed E-state index contributed by atoms with van der Waals surface area (Å²) in [5.74, 6) is 0. The number of hydrogen-bond donors (Lipinski definition) is 0. The predicted octanol–water partition coefficient (Wildman–Crippen LogP) is 1.13. The molecule has 1 unspecified atom stereocenters. The van der Waals surface area contributed by atoms with E-state index in [-0.39, 0.29) is 0 Å². The molecule has 2 fully saturated rings. The predicted molar refractivity (Wildman–Crippen MR) is 55.4 cm³/mol. The summed E-state index contributed by atoms with van der Waals surface area (Å²) in [7, 11) is 1.82. The third-order valence-electron chi connectivity index (χ3n) is 3.75. The zero-order valence-electron chi connectivity index (χ0n) is 9.29. The van der Waals surface area contributed by atoms with Gasteiger partial charge >= 0.3 is 0 Å². The van der Waals surface area contributed by atoms with E-state index in [4.69, 9.17) is 9.47 Å². The summed E-state index contributed by atoms with van der Waals surface area (Å²) in [6.45, 7) is 7.39. The van der Waals surface area contributed by atoms with Crippen molar-refractivity contribution in [3.8, 4) is 0 Å². The van der Waals surface area contributed by atoms with Gasteiger partial charge in [0.1, 0.15) is 0 Å². The second-order valence-corrected chi connectivity index (χ2v) is 4.63. The molecular weight excluding hydrogens is 178 g/mol. The highest BCUT2D eigenvalue weighted by Crippen LogP contribution is 2.50. The summed E-state index contributed by atoms with van der Waals surface area (Å²) in [6.07, 6.45) is 3.07. The standard InChI is InChI=1S/C11H21NO2/c1-10(13-2)11(3-4-11)9-12-5-7-14-8-6-12/h10H,3-9H2,1-2H3. The zero-order valence-corrected chi connectivity index (χ0v) is 9.29. The molecule has 0 radical (unpaired) electrons. The molecule has 2 rings (SSSR count). The maximum Gasteiger partial charge on any atom is 0.0611 e. The topological polar surface area (TPSA) is 21.7 Å². The minimum atomic E-state index is 0.408. The lowest BCUT2D eigenvalue weighted by molar-refractivity contribution is -0.00328. The highest BCUT2D eigenvalue weighted by molar-refractivity contribution is 5.00. The van der Waals surface area contributed by atoms with Crippen LogP contribution in [0.2, 0.25) is 0 Å². The van der Waals surface area contributed by atoms with E-state index < -0.39 is 0 Å². The molecule has 1 atom stereocenters. The van der Waals surface area contributed by atoms with E-state index in [0.717, 1.165) is 26.3 Å². The molecule has 1 aliphatic heterocycles. The monoisotopic (exact) mass is 199 g/mol. The Balaban J connectivity index is 1.83. The van der Waals surface area contributed by atoms with Crippen LogP contribution < -0.4 is 0 Å². The van der Waals surface area contributed by atoms with Crippen LogP contribution in [0.1, 0.15) is 19.8 Å². The molecule has 1 saturated heterocycles. The first-order chi connectivity index (χ1) is 6.77. The van der Waals surface area contributed by atoms with E-state index in [1.54, 1.807) is 0 Å².